The molecule has 0 atom stereocenters. The summed E-state index contributed by atoms with van der Waals surface area (Å²) < 4.78 is 26.3. The van der Waals surface area contributed by atoms with E-state index in [1.165, 1.54) is 18.3 Å². The van der Waals surface area contributed by atoms with Gasteiger partial charge in [0.25, 0.3) is 10.0 Å². The number of nitrogen functional groups attached to an aromatic ring is 1. The summed E-state index contributed by atoms with van der Waals surface area (Å²) in [6, 6.07) is 6.32. The van der Waals surface area contributed by atoms with Gasteiger partial charge in [-0.3, -0.25) is 4.72 Å². The van der Waals surface area contributed by atoms with Gasteiger partial charge in [0, 0.05) is 0 Å². The number of sulfonamides is 1. The molecule has 16 heavy (non-hydrogen) atoms. The van der Waals surface area contributed by atoms with Crippen LogP contribution >= 0.6 is 11.3 Å². The van der Waals surface area contributed by atoms with E-state index in [1.807, 2.05) is 0 Å². The van der Waals surface area contributed by atoms with Crippen molar-refractivity contribution in [2.24, 2.45) is 0 Å². The monoisotopic (exact) mass is 255 g/mol. The van der Waals surface area contributed by atoms with Gasteiger partial charge in [-0.05, 0) is 23.6 Å². The van der Waals surface area contributed by atoms with Crippen molar-refractivity contribution in [1.29, 1.82) is 0 Å². The molecule has 0 radical (unpaired) electrons. The van der Waals surface area contributed by atoms with Crippen LogP contribution in [0.3, 0.4) is 0 Å². The number of hydrogen-bond acceptors (Lipinski definition) is 5. The first kappa shape index (κ1) is 10.9. The van der Waals surface area contributed by atoms with Crippen molar-refractivity contribution in [3.05, 3.63) is 35.8 Å². The maximum Gasteiger partial charge on any atom is 0.271 e. The molecule has 84 valence electrons. The van der Waals surface area contributed by atoms with Crippen LogP contribution in [0.25, 0.3) is 0 Å². The van der Waals surface area contributed by atoms with Crippen LogP contribution in [-0.4, -0.2) is 13.4 Å². The average molecular weight is 255 g/mol. The van der Waals surface area contributed by atoms with E-state index in [0.717, 1.165) is 11.3 Å². The summed E-state index contributed by atoms with van der Waals surface area (Å²) in [5.41, 5.74) is 5.79. The third kappa shape index (κ3) is 2.31. The van der Waals surface area contributed by atoms with Crippen LogP contribution in [0, 0.1) is 0 Å². The van der Waals surface area contributed by atoms with E-state index >= 15 is 0 Å². The van der Waals surface area contributed by atoms with Crippen molar-refractivity contribution in [3.63, 3.8) is 0 Å². The van der Waals surface area contributed by atoms with Crippen LogP contribution in [0.5, 0.6) is 0 Å². The minimum Gasteiger partial charge on any atom is -0.384 e. The van der Waals surface area contributed by atoms with Crippen molar-refractivity contribution < 1.29 is 8.42 Å². The number of nitrogens with one attached hydrogen (secondary N) is 1. The fraction of sp³-hybridized carbons (Fsp3) is 0. The van der Waals surface area contributed by atoms with E-state index < -0.39 is 10.0 Å². The second-order valence-corrected chi connectivity index (χ2v) is 5.87. The van der Waals surface area contributed by atoms with E-state index in [-0.39, 0.29) is 4.21 Å². The number of aromatic nitrogens is 1. The van der Waals surface area contributed by atoms with Gasteiger partial charge in [-0.2, -0.15) is 0 Å². The molecule has 0 bridgehead atoms. The largest absolute Gasteiger partial charge is 0.384 e. The molecule has 2 aromatic heterocycles. The number of hydrogen-bond donors (Lipinski definition) is 2. The first-order valence-corrected chi connectivity index (χ1v) is 6.72. The van der Waals surface area contributed by atoms with E-state index in [2.05, 4.69) is 9.71 Å². The lowest BCUT2D eigenvalue weighted by atomic mass is 10.4. The maximum absolute atomic E-state index is 11.8. The van der Waals surface area contributed by atoms with Gasteiger partial charge < -0.3 is 5.73 Å². The van der Waals surface area contributed by atoms with Crippen LogP contribution < -0.4 is 10.5 Å². The third-order valence-corrected chi connectivity index (χ3v) is 4.58. The summed E-state index contributed by atoms with van der Waals surface area (Å²) >= 11 is 1.16. The third-order valence-electron chi connectivity index (χ3n) is 1.80. The SMILES string of the molecule is Nc1ccc(NS(=O)(=O)c2cccs2)cn1. The fourth-order valence-corrected chi connectivity index (χ4v) is 3.12. The van der Waals surface area contributed by atoms with Gasteiger partial charge in [0.15, 0.2) is 0 Å². The van der Waals surface area contributed by atoms with Crippen molar-refractivity contribution >= 4 is 32.9 Å². The lowest BCUT2D eigenvalue weighted by molar-refractivity contribution is 0.603. The topological polar surface area (TPSA) is 85.1 Å². The van der Waals surface area contributed by atoms with Gasteiger partial charge in [0.05, 0.1) is 11.9 Å². The number of thiophene rings is 1. The van der Waals surface area contributed by atoms with E-state index in [9.17, 15) is 8.42 Å². The predicted octanol–water partition coefficient (Wildman–Crippen LogP) is 1.53. The standard InChI is InChI=1S/C9H9N3O2S2/c10-8-4-3-7(6-11-8)12-16(13,14)9-2-1-5-15-9/h1-6,12H,(H2,10,11). The molecular formula is C9H9N3O2S2. The van der Waals surface area contributed by atoms with Crippen molar-refractivity contribution in [1.82, 2.24) is 4.98 Å². The Hall–Kier alpha value is -1.60. The summed E-state index contributed by atoms with van der Waals surface area (Å²) in [5, 5.41) is 1.70. The Morgan fingerprint density at radius 3 is 2.69 bits per heavy atom. The Morgan fingerprint density at radius 1 is 1.31 bits per heavy atom. The van der Waals surface area contributed by atoms with Gasteiger partial charge in [-0.15, -0.1) is 11.3 Å². The minimum atomic E-state index is -3.50. The zero-order chi connectivity index (χ0) is 11.6. The lowest BCUT2D eigenvalue weighted by Crippen LogP contribution is -2.11. The van der Waals surface area contributed by atoms with Crippen molar-refractivity contribution in [2.75, 3.05) is 10.5 Å². The highest BCUT2D eigenvalue weighted by molar-refractivity contribution is 7.94. The molecule has 0 unspecified atom stereocenters. The molecule has 5 nitrogen and oxygen atoms in total. The first-order chi connectivity index (χ1) is 7.58. The van der Waals surface area contributed by atoms with Crippen LogP contribution in [-0.2, 0) is 10.0 Å². The lowest BCUT2D eigenvalue weighted by Gasteiger charge is -2.05. The Kier molecular flexibility index (Phi) is 2.80. The molecule has 0 saturated heterocycles. The molecule has 0 aromatic carbocycles. The van der Waals surface area contributed by atoms with Gasteiger partial charge in [0.1, 0.15) is 10.0 Å². The normalized spacial score (nSPS) is 11.2. The molecule has 0 aliphatic heterocycles. The molecule has 0 saturated carbocycles. The minimum absolute atomic E-state index is 0.268. The molecule has 0 spiro atoms. The zero-order valence-electron chi connectivity index (χ0n) is 8.12. The Labute approximate surface area is 97.0 Å². The molecule has 3 N–H and O–H groups in total. The van der Waals surface area contributed by atoms with Crippen LogP contribution in [0.15, 0.2) is 40.1 Å². The highest BCUT2D eigenvalue weighted by Crippen LogP contribution is 2.19. The highest BCUT2D eigenvalue weighted by Gasteiger charge is 2.14. The number of pyridine rings is 1. The zero-order valence-corrected chi connectivity index (χ0v) is 9.75. The number of nitrogens with zero attached hydrogens (tertiary/aromatic N) is 1. The van der Waals surface area contributed by atoms with Crippen molar-refractivity contribution in [3.8, 4) is 0 Å². The Balaban J connectivity index is 2.25. The molecule has 7 heteroatoms. The van der Waals surface area contributed by atoms with E-state index in [4.69, 9.17) is 5.73 Å². The summed E-state index contributed by atoms with van der Waals surface area (Å²) in [4.78, 5) is 3.80. The molecule has 0 fully saturated rings. The van der Waals surface area contributed by atoms with Gasteiger partial charge in [-0.1, -0.05) is 6.07 Å². The predicted molar refractivity (Wildman–Crippen MR) is 63.8 cm³/mol. The molecule has 0 aliphatic rings. The van der Waals surface area contributed by atoms with Gasteiger partial charge >= 0.3 is 0 Å². The summed E-state index contributed by atoms with van der Waals surface area (Å²) in [6.45, 7) is 0. The summed E-state index contributed by atoms with van der Waals surface area (Å²) in [6.07, 6.45) is 1.38. The first-order valence-electron chi connectivity index (χ1n) is 4.36. The smallest absolute Gasteiger partial charge is 0.271 e. The maximum atomic E-state index is 11.8. The molecule has 0 amide bonds. The van der Waals surface area contributed by atoms with Crippen LogP contribution in [0.1, 0.15) is 0 Å². The molecule has 2 heterocycles. The quantitative estimate of drug-likeness (QED) is 0.871. The average Bonchev–Trinajstić information content (AvgIpc) is 2.75. The number of anilines is 2. The van der Waals surface area contributed by atoms with E-state index in [1.54, 1.807) is 17.5 Å². The van der Waals surface area contributed by atoms with Gasteiger partial charge in [0.2, 0.25) is 0 Å². The molecule has 2 aromatic rings. The van der Waals surface area contributed by atoms with E-state index in [0.29, 0.717) is 11.5 Å². The number of rotatable bonds is 3. The van der Waals surface area contributed by atoms with Crippen LogP contribution in [0.4, 0.5) is 11.5 Å². The Bertz CT molecular complexity index is 561. The molecule has 0 aliphatic carbocycles. The highest BCUT2D eigenvalue weighted by atomic mass is 32.2. The second-order valence-electron chi connectivity index (χ2n) is 3.01. The fourth-order valence-electron chi connectivity index (χ4n) is 1.09. The van der Waals surface area contributed by atoms with Crippen LogP contribution in [0.2, 0.25) is 0 Å². The van der Waals surface area contributed by atoms with Crippen molar-refractivity contribution in [2.45, 2.75) is 4.21 Å². The summed E-state index contributed by atoms with van der Waals surface area (Å²) in [7, 11) is -3.50. The summed E-state index contributed by atoms with van der Waals surface area (Å²) in [5.74, 6) is 0.346. The second kappa shape index (κ2) is 4.11. The number of nitrogens with two attached hydrogens (primary N) is 1. The van der Waals surface area contributed by atoms with Gasteiger partial charge in [-0.25, -0.2) is 13.4 Å². The molecular weight excluding hydrogens is 246 g/mol. The molecule has 2 rings (SSSR count). The Morgan fingerprint density at radius 2 is 2.12 bits per heavy atom.